The van der Waals surface area contributed by atoms with Gasteiger partial charge in [-0.05, 0) is 62.1 Å². The van der Waals surface area contributed by atoms with E-state index < -0.39 is 17.6 Å². The van der Waals surface area contributed by atoms with Gasteiger partial charge in [0.25, 0.3) is 0 Å². The Hall–Kier alpha value is -3.24. The van der Waals surface area contributed by atoms with Gasteiger partial charge in [-0.1, -0.05) is 11.6 Å². The van der Waals surface area contributed by atoms with Gasteiger partial charge in [0.15, 0.2) is 0 Å². The van der Waals surface area contributed by atoms with E-state index in [-0.39, 0.29) is 18.9 Å². The molecule has 1 heterocycles. The second-order valence-electron chi connectivity index (χ2n) is 8.18. The van der Waals surface area contributed by atoms with E-state index in [2.05, 4.69) is 22.9 Å². The minimum Gasteiger partial charge on any atom is -0.490 e. The average molecular weight is 408 g/mol. The van der Waals surface area contributed by atoms with E-state index in [1.807, 2.05) is 19.9 Å². The molecule has 0 saturated heterocycles. The van der Waals surface area contributed by atoms with Crippen molar-refractivity contribution in [3.63, 3.8) is 0 Å². The van der Waals surface area contributed by atoms with Crippen molar-refractivity contribution in [3.05, 3.63) is 54.2 Å². The number of carbonyl (C=O) groups is 1. The van der Waals surface area contributed by atoms with Crippen LogP contribution in [0.3, 0.4) is 0 Å². The summed E-state index contributed by atoms with van der Waals surface area (Å²) >= 11 is 0. The van der Waals surface area contributed by atoms with Gasteiger partial charge < -0.3 is 15.8 Å². The normalized spacial score (nSPS) is 19.3. The van der Waals surface area contributed by atoms with Gasteiger partial charge in [-0.25, -0.2) is 9.37 Å². The minimum absolute atomic E-state index is 0.246. The Labute approximate surface area is 175 Å². The van der Waals surface area contributed by atoms with Crippen LogP contribution in [-0.4, -0.2) is 29.2 Å². The number of halogens is 1. The minimum atomic E-state index is -1.07. The molecule has 1 aliphatic rings. The standard InChI is InChI=1S/C23H25FN4O2/c1-14(2)11-23(3,26)13-30-20-5-4-15(8-17(20)12-25)16-6-7-27-21(9-16)28-22(29)18-10-19(18)24/h4-9,18-19H,1,10-11,13,26H2,2-3H3,(H,27,28,29)/t18-,19+,23?/m0/s1. The molecule has 1 amide bonds. The predicted octanol–water partition coefficient (Wildman–Crippen LogP) is 3.98. The molecule has 2 aromatic rings. The third-order valence-corrected chi connectivity index (χ3v) is 4.76. The van der Waals surface area contributed by atoms with E-state index in [9.17, 15) is 14.4 Å². The maximum Gasteiger partial charge on any atom is 0.231 e. The van der Waals surface area contributed by atoms with Gasteiger partial charge in [0.05, 0.1) is 17.0 Å². The molecule has 7 heteroatoms. The number of benzene rings is 1. The number of nitrogens with two attached hydrogens (primary N) is 1. The average Bonchev–Trinajstić information content (AvgIpc) is 3.42. The van der Waals surface area contributed by atoms with Crippen molar-refractivity contribution < 1.29 is 13.9 Å². The number of hydrogen-bond acceptors (Lipinski definition) is 5. The molecule has 6 nitrogen and oxygen atoms in total. The number of amides is 1. The third kappa shape index (κ3) is 5.43. The molecule has 1 saturated carbocycles. The number of nitriles is 1. The summed E-state index contributed by atoms with van der Waals surface area (Å²) in [4.78, 5) is 16.0. The molecule has 3 N–H and O–H groups in total. The zero-order valence-electron chi connectivity index (χ0n) is 17.1. The summed E-state index contributed by atoms with van der Waals surface area (Å²) < 4.78 is 18.9. The zero-order valence-corrected chi connectivity index (χ0v) is 17.1. The molecule has 30 heavy (non-hydrogen) atoms. The van der Waals surface area contributed by atoms with Crippen LogP contribution in [0.1, 0.15) is 32.3 Å². The molecule has 0 aliphatic heterocycles. The van der Waals surface area contributed by atoms with Crippen LogP contribution < -0.4 is 15.8 Å². The molecule has 0 spiro atoms. The Morgan fingerprint density at radius 1 is 1.43 bits per heavy atom. The van der Waals surface area contributed by atoms with Crippen molar-refractivity contribution in [2.45, 2.75) is 38.4 Å². The summed E-state index contributed by atoms with van der Waals surface area (Å²) in [6.07, 6.45) is 1.36. The predicted molar refractivity (Wildman–Crippen MR) is 114 cm³/mol. The number of rotatable bonds is 8. The van der Waals surface area contributed by atoms with Gasteiger partial charge >= 0.3 is 0 Å². The van der Waals surface area contributed by atoms with E-state index in [1.54, 1.807) is 30.5 Å². The number of aromatic nitrogens is 1. The molecule has 1 fully saturated rings. The van der Waals surface area contributed by atoms with Crippen LogP contribution in [0.2, 0.25) is 0 Å². The van der Waals surface area contributed by atoms with Crippen LogP contribution in [0.15, 0.2) is 48.7 Å². The first kappa shape index (κ1) is 21.5. The zero-order chi connectivity index (χ0) is 21.9. The van der Waals surface area contributed by atoms with Crippen molar-refractivity contribution in [1.82, 2.24) is 4.98 Å². The Morgan fingerprint density at radius 2 is 2.13 bits per heavy atom. The highest BCUT2D eigenvalue weighted by Gasteiger charge is 2.43. The summed E-state index contributed by atoms with van der Waals surface area (Å²) in [6, 6.07) is 10.9. The lowest BCUT2D eigenvalue weighted by molar-refractivity contribution is -0.117. The fourth-order valence-corrected chi connectivity index (χ4v) is 3.24. The maximum absolute atomic E-state index is 13.1. The Morgan fingerprint density at radius 3 is 2.77 bits per heavy atom. The quantitative estimate of drug-likeness (QED) is 0.644. The van der Waals surface area contributed by atoms with Crippen LogP contribution in [0, 0.1) is 17.2 Å². The first-order chi connectivity index (χ1) is 14.2. The van der Waals surface area contributed by atoms with Gasteiger partial charge in [-0.2, -0.15) is 5.26 Å². The molecule has 156 valence electrons. The third-order valence-electron chi connectivity index (χ3n) is 4.76. The van der Waals surface area contributed by atoms with Crippen LogP contribution in [-0.2, 0) is 4.79 Å². The summed E-state index contributed by atoms with van der Waals surface area (Å²) in [6.45, 7) is 7.91. The van der Waals surface area contributed by atoms with Crippen LogP contribution in [0.25, 0.3) is 11.1 Å². The fraction of sp³-hybridized carbons (Fsp3) is 0.348. The van der Waals surface area contributed by atoms with E-state index in [4.69, 9.17) is 10.5 Å². The highest BCUT2D eigenvalue weighted by Crippen LogP contribution is 2.35. The first-order valence-electron chi connectivity index (χ1n) is 9.70. The molecule has 3 rings (SSSR count). The van der Waals surface area contributed by atoms with Crippen molar-refractivity contribution in [2.24, 2.45) is 11.7 Å². The van der Waals surface area contributed by atoms with E-state index in [1.165, 1.54) is 0 Å². The Bertz CT molecular complexity index is 1010. The number of anilines is 1. The molecular formula is C23H25FN4O2. The van der Waals surface area contributed by atoms with Crippen LogP contribution in [0.5, 0.6) is 5.75 Å². The lowest BCUT2D eigenvalue weighted by Gasteiger charge is -2.25. The molecule has 3 atom stereocenters. The van der Waals surface area contributed by atoms with Gasteiger partial charge in [0.2, 0.25) is 5.91 Å². The van der Waals surface area contributed by atoms with Gasteiger partial charge in [-0.15, -0.1) is 6.58 Å². The molecule has 1 aliphatic carbocycles. The summed E-state index contributed by atoms with van der Waals surface area (Å²) in [5, 5.41) is 12.2. The number of pyridine rings is 1. The van der Waals surface area contributed by atoms with Crippen LogP contribution in [0.4, 0.5) is 10.2 Å². The highest BCUT2D eigenvalue weighted by atomic mass is 19.1. The number of nitrogens with zero attached hydrogens (tertiary/aromatic N) is 2. The topological polar surface area (TPSA) is 101 Å². The Kier molecular flexibility index (Phi) is 6.18. The summed E-state index contributed by atoms with van der Waals surface area (Å²) in [7, 11) is 0. The summed E-state index contributed by atoms with van der Waals surface area (Å²) in [5.41, 5.74) is 8.52. The number of alkyl halides is 1. The number of nitrogens with one attached hydrogen (secondary N) is 1. The van der Waals surface area contributed by atoms with Gasteiger partial charge in [0, 0.05) is 6.20 Å². The lowest BCUT2D eigenvalue weighted by Crippen LogP contribution is -2.42. The fourth-order valence-electron chi connectivity index (χ4n) is 3.24. The van der Waals surface area contributed by atoms with Crippen molar-refractivity contribution in [2.75, 3.05) is 11.9 Å². The largest absolute Gasteiger partial charge is 0.490 e. The molecule has 1 aromatic heterocycles. The molecule has 1 unspecified atom stereocenters. The summed E-state index contributed by atoms with van der Waals surface area (Å²) in [5.74, 6) is -0.164. The van der Waals surface area contributed by atoms with E-state index in [0.717, 1.165) is 16.7 Å². The maximum atomic E-state index is 13.1. The number of ether oxygens (including phenoxy) is 1. The van der Waals surface area contributed by atoms with Gasteiger partial charge in [0.1, 0.15) is 30.4 Å². The van der Waals surface area contributed by atoms with Crippen molar-refractivity contribution in [1.29, 1.82) is 5.26 Å². The SMILES string of the molecule is C=C(C)CC(C)(N)COc1ccc(-c2ccnc(NC(=O)[C@H]3C[C@H]3F)c2)cc1C#N. The van der Waals surface area contributed by atoms with E-state index in [0.29, 0.717) is 23.6 Å². The monoisotopic (exact) mass is 408 g/mol. The lowest BCUT2D eigenvalue weighted by atomic mass is 9.96. The van der Waals surface area contributed by atoms with E-state index >= 15 is 0 Å². The molecule has 1 aromatic carbocycles. The second kappa shape index (κ2) is 8.64. The smallest absolute Gasteiger partial charge is 0.231 e. The van der Waals surface area contributed by atoms with Crippen LogP contribution >= 0.6 is 0 Å². The molecular weight excluding hydrogens is 383 g/mol. The highest BCUT2D eigenvalue weighted by molar-refractivity contribution is 5.94. The molecule has 0 bridgehead atoms. The number of hydrogen-bond donors (Lipinski definition) is 2. The first-order valence-corrected chi connectivity index (χ1v) is 9.70. The second-order valence-corrected chi connectivity index (χ2v) is 8.18. The van der Waals surface area contributed by atoms with Crippen molar-refractivity contribution in [3.8, 4) is 22.9 Å². The van der Waals surface area contributed by atoms with Gasteiger partial charge in [-0.3, -0.25) is 4.79 Å². The van der Waals surface area contributed by atoms with Crippen molar-refractivity contribution >= 4 is 11.7 Å². The Balaban J connectivity index is 1.74. The molecule has 0 radical (unpaired) electrons. The number of carbonyl (C=O) groups excluding carboxylic acids is 1.